The topological polar surface area (TPSA) is 24.1 Å². The van der Waals surface area contributed by atoms with Crippen LogP contribution in [-0.2, 0) is 0 Å². The monoisotopic (exact) mass is 292 g/mol. The summed E-state index contributed by atoms with van der Waals surface area (Å²) in [5.74, 6) is 0. The summed E-state index contributed by atoms with van der Waals surface area (Å²) >= 11 is 0. The van der Waals surface area contributed by atoms with Gasteiger partial charge in [-0.15, -0.1) is 13.2 Å². The molecule has 0 unspecified atom stereocenters. The highest BCUT2D eigenvalue weighted by Gasteiger charge is 2.48. The first kappa shape index (κ1) is 16.0. The van der Waals surface area contributed by atoms with Gasteiger partial charge in [-0.1, -0.05) is 69.9 Å². The minimum absolute atomic E-state index is 0.902. The van der Waals surface area contributed by atoms with E-state index in [0.29, 0.717) is 0 Å². The summed E-state index contributed by atoms with van der Waals surface area (Å²) in [6.07, 6.45) is 16.9. The third-order valence-electron chi connectivity index (χ3n) is 5.33. The van der Waals surface area contributed by atoms with Crippen molar-refractivity contribution in [2.75, 3.05) is 13.1 Å². The maximum absolute atomic E-state index is 3.99. The maximum atomic E-state index is 3.99. The lowest BCUT2D eigenvalue weighted by molar-refractivity contribution is 0.470. The van der Waals surface area contributed by atoms with Crippen molar-refractivity contribution in [2.45, 2.75) is 68.9 Å². The molecule has 2 N–H and O–H groups in total. The van der Waals surface area contributed by atoms with Gasteiger partial charge in [0.1, 0.15) is 0 Å². The molecule has 2 fully saturated rings. The summed E-state index contributed by atoms with van der Waals surface area (Å²) in [7, 11) is -1.65. The third-order valence-corrected chi connectivity index (χ3v) is 10.6. The van der Waals surface area contributed by atoms with E-state index in [1.54, 1.807) is 0 Å². The largest absolute Gasteiger partial charge is 0.322 e. The fourth-order valence-electron chi connectivity index (χ4n) is 4.39. The Balaban J connectivity index is 2.19. The van der Waals surface area contributed by atoms with Crippen molar-refractivity contribution in [3.63, 3.8) is 0 Å². The molecule has 20 heavy (non-hydrogen) atoms. The van der Waals surface area contributed by atoms with E-state index in [0.717, 1.165) is 24.2 Å². The average Bonchev–Trinajstić information content (AvgIpc) is 3.04. The molecule has 2 aliphatic rings. The van der Waals surface area contributed by atoms with E-state index >= 15 is 0 Å². The molecule has 0 heterocycles. The highest BCUT2D eigenvalue weighted by molar-refractivity contribution is 6.78. The number of rotatable bonds is 8. The van der Waals surface area contributed by atoms with E-state index in [4.69, 9.17) is 0 Å². The average molecular weight is 293 g/mol. The van der Waals surface area contributed by atoms with Crippen LogP contribution in [0.1, 0.15) is 57.8 Å². The standard InChI is InChI=1S/C17H32N2Si/c1-3-14-18-20(19-15-4-2,17-12-8-9-13-17)16-10-6-5-7-11-16/h3-4,16-19H,1-2,5-15H2. The third kappa shape index (κ3) is 3.63. The molecule has 2 nitrogen and oxygen atoms in total. The molecule has 2 saturated carbocycles. The summed E-state index contributed by atoms with van der Waals surface area (Å²) in [5, 5.41) is 0. The van der Waals surface area contributed by atoms with Crippen LogP contribution in [0.25, 0.3) is 0 Å². The molecular formula is C17H32N2Si. The fraction of sp³-hybridized carbons (Fsp3) is 0.765. The van der Waals surface area contributed by atoms with Crippen molar-refractivity contribution in [3.8, 4) is 0 Å². The van der Waals surface area contributed by atoms with Crippen LogP contribution < -0.4 is 9.96 Å². The minimum Gasteiger partial charge on any atom is -0.322 e. The van der Waals surface area contributed by atoms with Crippen LogP contribution in [0.5, 0.6) is 0 Å². The van der Waals surface area contributed by atoms with Gasteiger partial charge in [-0.25, -0.2) is 0 Å². The summed E-state index contributed by atoms with van der Waals surface area (Å²) in [4.78, 5) is 7.98. The Morgan fingerprint density at radius 3 is 1.55 bits per heavy atom. The molecule has 0 bridgehead atoms. The van der Waals surface area contributed by atoms with Gasteiger partial charge in [0.25, 0.3) is 0 Å². The maximum Gasteiger partial charge on any atom is 0.208 e. The van der Waals surface area contributed by atoms with Crippen LogP contribution in [0.15, 0.2) is 25.3 Å². The zero-order valence-corrected chi connectivity index (χ0v) is 14.0. The Hall–Kier alpha value is -0.383. The Morgan fingerprint density at radius 2 is 1.15 bits per heavy atom. The molecule has 0 spiro atoms. The molecule has 0 radical (unpaired) electrons. The second kappa shape index (κ2) is 8.16. The second-order valence-corrected chi connectivity index (χ2v) is 10.6. The van der Waals surface area contributed by atoms with Crippen LogP contribution in [0, 0.1) is 0 Å². The molecule has 2 aliphatic carbocycles. The molecular weight excluding hydrogens is 260 g/mol. The molecule has 0 aromatic heterocycles. The molecule has 3 heteroatoms. The van der Waals surface area contributed by atoms with Crippen LogP contribution in [-0.4, -0.2) is 21.5 Å². The Morgan fingerprint density at radius 1 is 0.750 bits per heavy atom. The van der Waals surface area contributed by atoms with Crippen molar-refractivity contribution in [1.82, 2.24) is 9.96 Å². The number of nitrogens with one attached hydrogen (secondary N) is 2. The summed E-state index contributed by atoms with van der Waals surface area (Å²) in [6, 6.07) is 0. The van der Waals surface area contributed by atoms with Crippen molar-refractivity contribution >= 4 is 8.40 Å². The SMILES string of the molecule is C=CCN[Si](NCC=C)(C1CCCCC1)C1CCCC1. The number of hydrogen-bond acceptors (Lipinski definition) is 2. The van der Waals surface area contributed by atoms with Gasteiger partial charge in [0, 0.05) is 13.1 Å². The van der Waals surface area contributed by atoms with Crippen molar-refractivity contribution < 1.29 is 0 Å². The Labute approximate surface area is 126 Å². The van der Waals surface area contributed by atoms with Crippen molar-refractivity contribution in [2.24, 2.45) is 0 Å². The van der Waals surface area contributed by atoms with Crippen LogP contribution in [0.2, 0.25) is 11.1 Å². The molecule has 0 aliphatic heterocycles. The lowest BCUT2D eigenvalue weighted by atomic mass is 10.0. The summed E-state index contributed by atoms with van der Waals surface area (Å²) < 4.78 is 0. The van der Waals surface area contributed by atoms with E-state index in [2.05, 4.69) is 23.1 Å². The lowest BCUT2D eigenvalue weighted by Gasteiger charge is -2.45. The molecule has 0 aromatic rings. The van der Waals surface area contributed by atoms with Gasteiger partial charge in [-0.05, 0) is 11.1 Å². The van der Waals surface area contributed by atoms with Gasteiger partial charge in [0.2, 0.25) is 8.40 Å². The van der Waals surface area contributed by atoms with Gasteiger partial charge in [-0.3, -0.25) is 0 Å². The van der Waals surface area contributed by atoms with Gasteiger partial charge in [0.15, 0.2) is 0 Å². The smallest absolute Gasteiger partial charge is 0.208 e. The highest BCUT2D eigenvalue weighted by Crippen LogP contribution is 2.46. The molecule has 0 aromatic carbocycles. The first-order valence-electron chi connectivity index (χ1n) is 8.55. The van der Waals surface area contributed by atoms with Gasteiger partial charge < -0.3 is 9.96 Å². The van der Waals surface area contributed by atoms with Gasteiger partial charge in [0.05, 0.1) is 0 Å². The van der Waals surface area contributed by atoms with Crippen molar-refractivity contribution in [1.29, 1.82) is 0 Å². The predicted octanol–water partition coefficient (Wildman–Crippen LogP) is 4.26. The summed E-state index contributed by atoms with van der Waals surface area (Å²) in [5.41, 5.74) is 1.81. The van der Waals surface area contributed by atoms with Crippen LogP contribution in [0.3, 0.4) is 0 Å². The zero-order valence-electron chi connectivity index (χ0n) is 13.0. The quantitative estimate of drug-likeness (QED) is 0.516. The van der Waals surface area contributed by atoms with Crippen LogP contribution >= 0.6 is 0 Å². The second-order valence-electron chi connectivity index (χ2n) is 6.52. The van der Waals surface area contributed by atoms with E-state index in [9.17, 15) is 0 Å². The Kier molecular flexibility index (Phi) is 6.52. The highest BCUT2D eigenvalue weighted by atomic mass is 28.3. The normalized spacial score (nSPS) is 22.0. The molecule has 0 amide bonds. The van der Waals surface area contributed by atoms with E-state index in [-0.39, 0.29) is 0 Å². The molecule has 0 saturated heterocycles. The first-order valence-corrected chi connectivity index (χ1v) is 10.7. The zero-order chi connectivity index (χ0) is 14.3. The number of hydrogen-bond donors (Lipinski definition) is 2. The lowest BCUT2D eigenvalue weighted by Crippen LogP contribution is -2.68. The minimum atomic E-state index is -1.65. The predicted molar refractivity (Wildman–Crippen MR) is 91.2 cm³/mol. The Bertz CT molecular complexity index is 292. The van der Waals surface area contributed by atoms with E-state index in [1.165, 1.54) is 57.8 Å². The van der Waals surface area contributed by atoms with Gasteiger partial charge >= 0.3 is 0 Å². The first-order chi connectivity index (χ1) is 9.83. The van der Waals surface area contributed by atoms with E-state index in [1.807, 2.05) is 12.2 Å². The molecule has 2 rings (SSSR count). The van der Waals surface area contributed by atoms with E-state index < -0.39 is 8.40 Å². The van der Waals surface area contributed by atoms with Gasteiger partial charge in [-0.2, -0.15) is 0 Å². The van der Waals surface area contributed by atoms with Crippen molar-refractivity contribution in [3.05, 3.63) is 25.3 Å². The molecule has 114 valence electrons. The van der Waals surface area contributed by atoms with Crippen LogP contribution in [0.4, 0.5) is 0 Å². The fourth-order valence-corrected chi connectivity index (χ4v) is 9.94. The molecule has 0 atom stereocenters. The summed E-state index contributed by atoms with van der Waals surface area (Å²) in [6.45, 7) is 9.78.